The molecule has 6 rings (SSSR count). The van der Waals surface area contributed by atoms with Gasteiger partial charge in [-0.05, 0) is 38.5 Å². The van der Waals surface area contributed by atoms with Gasteiger partial charge in [-0.25, -0.2) is 14.8 Å². The Bertz CT molecular complexity index is 1440. The van der Waals surface area contributed by atoms with Gasteiger partial charge in [0.15, 0.2) is 0 Å². The number of aromatic nitrogens is 3. The van der Waals surface area contributed by atoms with Crippen LogP contribution in [0.25, 0.3) is 11.3 Å². The van der Waals surface area contributed by atoms with Crippen LogP contribution in [0.1, 0.15) is 19.4 Å². The summed E-state index contributed by atoms with van der Waals surface area (Å²) in [5, 5.41) is 17.3. The Morgan fingerprint density at radius 1 is 1.00 bits per heavy atom. The molecule has 43 heavy (non-hydrogen) atoms. The zero-order valence-electron chi connectivity index (χ0n) is 23.8. The van der Waals surface area contributed by atoms with Crippen molar-refractivity contribution in [3.63, 3.8) is 0 Å². The second-order valence-corrected chi connectivity index (χ2v) is 10.6. The highest BCUT2D eigenvalue weighted by Crippen LogP contribution is 2.40. The first-order valence-corrected chi connectivity index (χ1v) is 14.0. The SMILES string of the molecule is CC1CN(c2cc(N3CCc4c(-c5cccc(O)c5)nc(N5CCOCC5)nc43)ccn2)CC(C)O1.O=C(O)C(F)(F)F. The fourth-order valence-corrected chi connectivity index (χ4v) is 5.41. The van der Waals surface area contributed by atoms with Gasteiger partial charge in [-0.3, -0.25) is 0 Å². The lowest BCUT2D eigenvalue weighted by Crippen LogP contribution is -2.45. The van der Waals surface area contributed by atoms with Crippen molar-refractivity contribution in [1.82, 2.24) is 15.0 Å². The molecule has 2 atom stereocenters. The van der Waals surface area contributed by atoms with Crippen LogP contribution in [0, 0.1) is 0 Å². The summed E-state index contributed by atoms with van der Waals surface area (Å²) < 4.78 is 43.2. The molecule has 2 aromatic heterocycles. The number of hydrogen-bond donors (Lipinski definition) is 2. The molecule has 2 saturated heterocycles. The molecule has 2 unspecified atom stereocenters. The first-order chi connectivity index (χ1) is 20.5. The van der Waals surface area contributed by atoms with E-state index in [1.807, 2.05) is 18.3 Å². The lowest BCUT2D eigenvalue weighted by Gasteiger charge is -2.36. The van der Waals surface area contributed by atoms with Crippen LogP contribution in [0.2, 0.25) is 0 Å². The highest BCUT2D eigenvalue weighted by Gasteiger charge is 2.38. The Balaban J connectivity index is 0.000000472. The van der Waals surface area contributed by atoms with Crippen molar-refractivity contribution >= 4 is 29.2 Å². The minimum atomic E-state index is -5.08. The number of rotatable bonds is 4. The number of anilines is 4. The van der Waals surface area contributed by atoms with Crippen LogP contribution in [0.3, 0.4) is 0 Å². The van der Waals surface area contributed by atoms with Crippen molar-refractivity contribution in [3.05, 3.63) is 48.2 Å². The van der Waals surface area contributed by atoms with Crippen LogP contribution < -0.4 is 14.7 Å². The maximum atomic E-state index is 10.6. The van der Waals surface area contributed by atoms with E-state index in [1.165, 1.54) is 0 Å². The number of pyridine rings is 1. The summed E-state index contributed by atoms with van der Waals surface area (Å²) in [5.41, 5.74) is 3.95. The van der Waals surface area contributed by atoms with Gasteiger partial charge in [0.25, 0.3) is 0 Å². The predicted octanol–water partition coefficient (Wildman–Crippen LogP) is 4.02. The molecule has 0 amide bonds. The number of carboxylic acids is 1. The van der Waals surface area contributed by atoms with Gasteiger partial charge >= 0.3 is 12.1 Å². The monoisotopic (exact) mass is 602 g/mol. The molecular formula is C29H33F3N6O5. The molecule has 3 aliphatic heterocycles. The number of aliphatic carboxylic acids is 1. The molecule has 3 aliphatic rings. The summed E-state index contributed by atoms with van der Waals surface area (Å²) in [5.74, 6) is 0.0552. The number of nitrogens with zero attached hydrogens (tertiary/aromatic N) is 6. The normalized spacial score (nSPS) is 20.3. The average Bonchev–Trinajstić information content (AvgIpc) is 3.41. The standard InChI is InChI=1S/C27H32N6O3.C2HF3O2/c1-18-16-32(17-19(2)36-18)24-15-21(6-8-28-24)33-9-7-23-25(20-4-3-5-22(34)14-20)29-27(30-26(23)33)31-10-12-35-13-11-31;3-2(4,5)1(6)7/h3-6,8,14-15,18-19,34H,7,9-13,16-17H2,1-2H3;(H,6,7). The fourth-order valence-electron chi connectivity index (χ4n) is 5.41. The maximum absolute atomic E-state index is 10.6. The summed E-state index contributed by atoms with van der Waals surface area (Å²) in [4.78, 5) is 30.4. The second kappa shape index (κ2) is 12.6. The van der Waals surface area contributed by atoms with Gasteiger partial charge in [-0.15, -0.1) is 0 Å². The Hall–Kier alpha value is -4.17. The number of alkyl halides is 3. The summed E-state index contributed by atoms with van der Waals surface area (Å²) in [6, 6.07) is 11.5. The van der Waals surface area contributed by atoms with Crippen molar-refractivity contribution in [2.24, 2.45) is 0 Å². The molecule has 230 valence electrons. The molecule has 2 fully saturated rings. The van der Waals surface area contributed by atoms with E-state index >= 15 is 0 Å². The molecule has 5 heterocycles. The van der Waals surface area contributed by atoms with Gasteiger partial charge in [-0.1, -0.05) is 12.1 Å². The van der Waals surface area contributed by atoms with Crippen LogP contribution in [-0.2, 0) is 20.7 Å². The van der Waals surface area contributed by atoms with Gasteiger partial charge < -0.3 is 34.4 Å². The van der Waals surface area contributed by atoms with Gasteiger partial charge in [0.1, 0.15) is 17.4 Å². The quantitative estimate of drug-likeness (QED) is 0.450. The molecule has 0 spiro atoms. The number of halogens is 3. The molecule has 1 aromatic carbocycles. The number of phenols is 1. The zero-order chi connectivity index (χ0) is 30.7. The minimum absolute atomic E-state index is 0.167. The zero-order valence-corrected chi connectivity index (χ0v) is 23.8. The molecule has 0 aliphatic carbocycles. The number of carbonyl (C=O) groups is 1. The molecule has 0 saturated carbocycles. The third-order valence-corrected chi connectivity index (χ3v) is 7.25. The first kappa shape index (κ1) is 30.3. The Morgan fingerprint density at radius 2 is 1.70 bits per heavy atom. The van der Waals surface area contributed by atoms with E-state index in [0.717, 1.165) is 73.3 Å². The summed E-state index contributed by atoms with van der Waals surface area (Å²) in [6.45, 7) is 9.50. The third kappa shape index (κ3) is 7.08. The largest absolute Gasteiger partial charge is 0.508 e. The number of hydrogen-bond acceptors (Lipinski definition) is 10. The average molecular weight is 603 g/mol. The summed E-state index contributed by atoms with van der Waals surface area (Å²) in [7, 11) is 0. The third-order valence-electron chi connectivity index (χ3n) is 7.25. The van der Waals surface area contributed by atoms with Crippen LogP contribution in [0.5, 0.6) is 5.75 Å². The minimum Gasteiger partial charge on any atom is -0.508 e. The van der Waals surface area contributed by atoms with Crippen LogP contribution >= 0.6 is 0 Å². The first-order valence-electron chi connectivity index (χ1n) is 14.0. The topological polar surface area (TPSA) is 124 Å². The number of ether oxygens (including phenoxy) is 2. The smallest absolute Gasteiger partial charge is 0.490 e. The molecule has 2 N–H and O–H groups in total. The van der Waals surface area contributed by atoms with E-state index in [9.17, 15) is 18.3 Å². The molecule has 3 aromatic rings. The molecule has 14 heteroatoms. The fraction of sp³-hybridized carbons (Fsp3) is 0.448. The number of carboxylic acid groups (broad SMARTS) is 1. The second-order valence-electron chi connectivity index (χ2n) is 10.6. The van der Waals surface area contributed by atoms with Gasteiger partial charge in [0.05, 0.1) is 31.1 Å². The molecule has 11 nitrogen and oxygen atoms in total. The highest BCUT2D eigenvalue weighted by molar-refractivity contribution is 5.78. The van der Waals surface area contributed by atoms with E-state index in [2.05, 4.69) is 45.7 Å². The summed E-state index contributed by atoms with van der Waals surface area (Å²) >= 11 is 0. The van der Waals surface area contributed by atoms with Crippen LogP contribution in [0.4, 0.5) is 36.4 Å². The molecular weight excluding hydrogens is 569 g/mol. The lowest BCUT2D eigenvalue weighted by molar-refractivity contribution is -0.192. The Morgan fingerprint density at radius 3 is 2.35 bits per heavy atom. The maximum Gasteiger partial charge on any atom is 0.490 e. The van der Waals surface area contributed by atoms with Crippen LogP contribution in [-0.4, -0.2) is 95.5 Å². The predicted molar refractivity (Wildman–Crippen MR) is 153 cm³/mol. The molecule has 0 radical (unpaired) electrons. The highest BCUT2D eigenvalue weighted by atomic mass is 19.4. The van der Waals surface area contributed by atoms with Gasteiger partial charge in [0.2, 0.25) is 5.95 Å². The number of aromatic hydroxyl groups is 1. The van der Waals surface area contributed by atoms with E-state index in [-0.39, 0.29) is 18.0 Å². The number of fused-ring (bicyclic) bond motifs is 1. The van der Waals surface area contributed by atoms with Crippen LogP contribution in [0.15, 0.2) is 42.6 Å². The Labute approximate surface area is 246 Å². The number of phenolic OH excluding ortho intramolecular Hbond substituents is 1. The Kier molecular flexibility index (Phi) is 8.87. The van der Waals surface area contributed by atoms with E-state index in [0.29, 0.717) is 19.2 Å². The van der Waals surface area contributed by atoms with Crippen molar-refractivity contribution in [2.75, 3.05) is 60.6 Å². The lowest BCUT2D eigenvalue weighted by atomic mass is 10.1. The number of morpholine rings is 2. The van der Waals surface area contributed by atoms with E-state index in [4.69, 9.17) is 29.3 Å². The van der Waals surface area contributed by atoms with E-state index in [1.54, 1.807) is 12.1 Å². The van der Waals surface area contributed by atoms with Crippen molar-refractivity contribution in [3.8, 4) is 17.0 Å². The van der Waals surface area contributed by atoms with Crippen molar-refractivity contribution in [2.45, 2.75) is 38.7 Å². The summed E-state index contributed by atoms with van der Waals surface area (Å²) in [6.07, 6.45) is -2.04. The van der Waals surface area contributed by atoms with Crippen molar-refractivity contribution < 1.29 is 37.7 Å². The molecule has 0 bridgehead atoms. The number of benzene rings is 1. The van der Waals surface area contributed by atoms with Crippen molar-refractivity contribution in [1.29, 1.82) is 0 Å². The van der Waals surface area contributed by atoms with E-state index < -0.39 is 12.1 Å². The van der Waals surface area contributed by atoms with Gasteiger partial charge in [0, 0.05) is 61.8 Å². The van der Waals surface area contributed by atoms with Gasteiger partial charge in [-0.2, -0.15) is 18.2 Å².